The fourth-order valence-electron chi connectivity index (χ4n) is 2.75. The largest absolute Gasteiger partial charge is 0.392 e. The van der Waals surface area contributed by atoms with Gasteiger partial charge < -0.3 is 20.7 Å². The van der Waals surface area contributed by atoms with Crippen LogP contribution in [0.3, 0.4) is 0 Å². The zero-order valence-electron chi connectivity index (χ0n) is 12.7. The number of aliphatic hydroxyl groups is 1. The van der Waals surface area contributed by atoms with Crippen molar-refractivity contribution < 1.29 is 9.90 Å². The number of hydrogen-bond acceptors (Lipinski definition) is 4. The highest BCUT2D eigenvalue weighted by Crippen LogP contribution is 2.19. The van der Waals surface area contributed by atoms with Crippen molar-refractivity contribution in [3.8, 4) is 0 Å². The smallest absolute Gasteiger partial charge is 0.241 e. The molecule has 1 aromatic heterocycles. The van der Waals surface area contributed by atoms with E-state index in [1.807, 2.05) is 18.2 Å². The SMILES string of the molecule is CCCCc1nc2ccc(NC(=O)C3CC(O)CN3)cc2[nH]1. The average Bonchev–Trinajstić information content (AvgIpc) is 3.10. The monoisotopic (exact) mass is 302 g/mol. The minimum atomic E-state index is -0.438. The van der Waals surface area contributed by atoms with E-state index < -0.39 is 6.10 Å². The number of imidazole rings is 1. The van der Waals surface area contributed by atoms with Crippen LogP contribution in [0.1, 0.15) is 32.0 Å². The Hall–Kier alpha value is -1.92. The molecule has 1 aromatic carbocycles. The number of aryl methyl sites for hydroxylation is 1. The number of β-amino-alcohol motifs (C(OH)–C–C–N with tert-alkyl or cyclic N) is 1. The molecule has 2 aromatic rings. The molecular formula is C16H22N4O2. The van der Waals surface area contributed by atoms with E-state index in [9.17, 15) is 9.90 Å². The van der Waals surface area contributed by atoms with E-state index >= 15 is 0 Å². The Balaban J connectivity index is 1.70. The first-order valence-electron chi connectivity index (χ1n) is 7.86. The molecule has 2 unspecified atom stereocenters. The Labute approximate surface area is 129 Å². The summed E-state index contributed by atoms with van der Waals surface area (Å²) in [5.41, 5.74) is 2.59. The number of amides is 1. The van der Waals surface area contributed by atoms with Crippen LogP contribution < -0.4 is 10.6 Å². The maximum Gasteiger partial charge on any atom is 0.241 e. The first kappa shape index (κ1) is 15.0. The van der Waals surface area contributed by atoms with Crippen molar-refractivity contribution in [3.63, 3.8) is 0 Å². The van der Waals surface area contributed by atoms with Crippen LogP contribution in [-0.4, -0.2) is 39.7 Å². The number of benzene rings is 1. The summed E-state index contributed by atoms with van der Waals surface area (Å²) in [4.78, 5) is 20.0. The normalized spacial score (nSPS) is 21.4. The average molecular weight is 302 g/mol. The van der Waals surface area contributed by atoms with Crippen molar-refractivity contribution in [1.82, 2.24) is 15.3 Å². The van der Waals surface area contributed by atoms with Gasteiger partial charge >= 0.3 is 0 Å². The Kier molecular flexibility index (Phi) is 4.40. The van der Waals surface area contributed by atoms with Gasteiger partial charge in [-0.3, -0.25) is 4.79 Å². The third-order valence-electron chi connectivity index (χ3n) is 3.99. The molecule has 6 heteroatoms. The van der Waals surface area contributed by atoms with E-state index in [4.69, 9.17) is 0 Å². The topological polar surface area (TPSA) is 90.0 Å². The van der Waals surface area contributed by atoms with Gasteiger partial charge in [0.1, 0.15) is 5.82 Å². The van der Waals surface area contributed by atoms with E-state index in [2.05, 4.69) is 27.5 Å². The Bertz CT molecular complexity index is 667. The standard InChI is InChI=1S/C16H22N4O2/c1-2-3-4-15-19-12-6-5-10(7-13(12)20-15)18-16(22)14-8-11(21)9-17-14/h5-7,11,14,17,21H,2-4,8-9H2,1H3,(H,18,22)(H,19,20). The van der Waals surface area contributed by atoms with Crippen LogP contribution in [0.5, 0.6) is 0 Å². The molecule has 1 aliphatic heterocycles. The summed E-state index contributed by atoms with van der Waals surface area (Å²) in [5.74, 6) is 0.877. The van der Waals surface area contributed by atoms with Crippen molar-refractivity contribution in [2.24, 2.45) is 0 Å². The predicted molar refractivity (Wildman–Crippen MR) is 85.7 cm³/mol. The van der Waals surface area contributed by atoms with Crippen LogP contribution >= 0.6 is 0 Å². The molecule has 0 bridgehead atoms. The van der Waals surface area contributed by atoms with Gasteiger partial charge in [-0.05, 0) is 31.0 Å². The van der Waals surface area contributed by atoms with Gasteiger partial charge in [-0.15, -0.1) is 0 Å². The molecule has 22 heavy (non-hydrogen) atoms. The lowest BCUT2D eigenvalue weighted by atomic mass is 10.2. The number of hydrogen-bond donors (Lipinski definition) is 4. The molecule has 0 radical (unpaired) electrons. The molecule has 6 nitrogen and oxygen atoms in total. The van der Waals surface area contributed by atoms with Crippen molar-refractivity contribution in [1.29, 1.82) is 0 Å². The second kappa shape index (κ2) is 6.46. The van der Waals surface area contributed by atoms with Gasteiger partial charge in [-0.2, -0.15) is 0 Å². The summed E-state index contributed by atoms with van der Waals surface area (Å²) >= 11 is 0. The summed E-state index contributed by atoms with van der Waals surface area (Å²) in [5, 5.41) is 15.4. The summed E-state index contributed by atoms with van der Waals surface area (Å²) in [6, 6.07) is 5.35. The van der Waals surface area contributed by atoms with Crippen molar-refractivity contribution in [2.75, 3.05) is 11.9 Å². The lowest BCUT2D eigenvalue weighted by Gasteiger charge is -2.10. The van der Waals surface area contributed by atoms with Crippen LogP contribution in [0.2, 0.25) is 0 Å². The third-order valence-corrected chi connectivity index (χ3v) is 3.99. The molecule has 0 spiro atoms. The minimum absolute atomic E-state index is 0.110. The van der Waals surface area contributed by atoms with Crippen LogP contribution in [0.4, 0.5) is 5.69 Å². The molecule has 1 amide bonds. The lowest BCUT2D eigenvalue weighted by molar-refractivity contribution is -0.117. The third kappa shape index (κ3) is 3.28. The Morgan fingerprint density at radius 2 is 2.36 bits per heavy atom. The van der Waals surface area contributed by atoms with Crippen LogP contribution in [0, 0.1) is 0 Å². The number of anilines is 1. The number of carbonyl (C=O) groups is 1. The molecule has 0 saturated carbocycles. The molecule has 3 rings (SSSR count). The van der Waals surface area contributed by atoms with Crippen LogP contribution in [0.15, 0.2) is 18.2 Å². The van der Waals surface area contributed by atoms with E-state index in [0.29, 0.717) is 13.0 Å². The van der Waals surface area contributed by atoms with E-state index in [1.165, 1.54) is 0 Å². The molecule has 2 heterocycles. The van der Waals surface area contributed by atoms with Crippen molar-refractivity contribution in [3.05, 3.63) is 24.0 Å². The van der Waals surface area contributed by atoms with Gasteiger partial charge in [0.15, 0.2) is 0 Å². The number of aromatic amines is 1. The maximum absolute atomic E-state index is 12.1. The molecule has 1 saturated heterocycles. The molecule has 4 N–H and O–H groups in total. The quantitative estimate of drug-likeness (QED) is 0.675. The van der Waals surface area contributed by atoms with Crippen LogP contribution in [-0.2, 0) is 11.2 Å². The summed E-state index contributed by atoms with van der Waals surface area (Å²) < 4.78 is 0. The number of fused-ring (bicyclic) bond motifs is 1. The summed E-state index contributed by atoms with van der Waals surface area (Å²) in [6.45, 7) is 2.63. The second-order valence-electron chi connectivity index (χ2n) is 5.86. The molecular weight excluding hydrogens is 280 g/mol. The van der Waals surface area contributed by atoms with E-state index in [0.717, 1.165) is 41.8 Å². The first-order chi connectivity index (χ1) is 10.7. The molecule has 0 aliphatic carbocycles. The van der Waals surface area contributed by atoms with Gasteiger partial charge in [0.25, 0.3) is 0 Å². The summed E-state index contributed by atoms with van der Waals surface area (Å²) in [6.07, 6.45) is 3.21. The maximum atomic E-state index is 12.1. The highest BCUT2D eigenvalue weighted by atomic mass is 16.3. The zero-order chi connectivity index (χ0) is 15.5. The first-order valence-corrected chi connectivity index (χ1v) is 7.86. The highest BCUT2D eigenvalue weighted by molar-refractivity contribution is 5.96. The molecule has 1 aliphatic rings. The van der Waals surface area contributed by atoms with Gasteiger partial charge in [0.2, 0.25) is 5.91 Å². The number of nitrogens with one attached hydrogen (secondary N) is 3. The number of unbranched alkanes of at least 4 members (excludes halogenated alkanes) is 1. The molecule has 1 fully saturated rings. The fraction of sp³-hybridized carbons (Fsp3) is 0.500. The van der Waals surface area contributed by atoms with Gasteiger partial charge in [-0.1, -0.05) is 13.3 Å². The van der Waals surface area contributed by atoms with E-state index in [-0.39, 0.29) is 11.9 Å². The van der Waals surface area contributed by atoms with Gasteiger partial charge in [0, 0.05) is 18.7 Å². The number of aliphatic hydroxyl groups excluding tert-OH is 1. The number of aromatic nitrogens is 2. The number of rotatable bonds is 5. The number of carbonyl (C=O) groups excluding carboxylic acids is 1. The Morgan fingerprint density at radius 3 is 3.09 bits per heavy atom. The van der Waals surface area contributed by atoms with Crippen LogP contribution in [0.25, 0.3) is 11.0 Å². The number of H-pyrrole nitrogens is 1. The number of nitrogens with zero attached hydrogens (tertiary/aromatic N) is 1. The second-order valence-corrected chi connectivity index (χ2v) is 5.86. The minimum Gasteiger partial charge on any atom is -0.392 e. The summed E-state index contributed by atoms with van der Waals surface area (Å²) in [7, 11) is 0. The Morgan fingerprint density at radius 1 is 1.50 bits per heavy atom. The van der Waals surface area contributed by atoms with Gasteiger partial charge in [-0.25, -0.2) is 4.98 Å². The molecule has 2 atom stereocenters. The lowest BCUT2D eigenvalue weighted by Crippen LogP contribution is -2.35. The van der Waals surface area contributed by atoms with E-state index in [1.54, 1.807) is 0 Å². The van der Waals surface area contributed by atoms with Crippen molar-refractivity contribution in [2.45, 2.75) is 44.8 Å². The zero-order valence-corrected chi connectivity index (χ0v) is 12.7. The van der Waals surface area contributed by atoms with Gasteiger partial charge in [0.05, 0.1) is 23.2 Å². The molecule has 118 valence electrons. The predicted octanol–water partition coefficient (Wildman–Crippen LogP) is 1.57. The fourth-order valence-corrected chi connectivity index (χ4v) is 2.75. The highest BCUT2D eigenvalue weighted by Gasteiger charge is 2.27. The van der Waals surface area contributed by atoms with Crippen molar-refractivity contribution >= 4 is 22.6 Å².